The van der Waals surface area contributed by atoms with Gasteiger partial charge in [-0.15, -0.1) is 0 Å². The SMILES string of the molecule is CC(=O)ON1CCNC(COC(C)(C)C)C1=O. The van der Waals surface area contributed by atoms with Gasteiger partial charge in [-0.1, -0.05) is 0 Å². The number of carbonyl (C=O) groups is 2. The lowest BCUT2D eigenvalue weighted by Crippen LogP contribution is -2.57. The Hall–Kier alpha value is -1.14. The van der Waals surface area contributed by atoms with Crippen molar-refractivity contribution in [3.8, 4) is 0 Å². The van der Waals surface area contributed by atoms with Crippen LogP contribution in [0.25, 0.3) is 0 Å². The maximum atomic E-state index is 11.9. The fraction of sp³-hybridized carbons (Fsp3) is 0.818. The molecule has 1 N–H and O–H groups in total. The summed E-state index contributed by atoms with van der Waals surface area (Å²) in [5.41, 5.74) is -0.300. The summed E-state index contributed by atoms with van der Waals surface area (Å²) in [4.78, 5) is 27.5. The lowest BCUT2D eigenvalue weighted by Gasteiger charge is -2.32. The van der Waals surface area contributed by atoms with E-state index in [0.29, 0.717) is 13.1 Å². The van der Waals surface area contributed by atoms with Gasteiger partial charge in [-0.3, -0.25) is 9.59 Å². The Balaban J connectivity index is 2.50. The van der Waals surface area contributed by atoms with Gasteiger partial charge in [-0.25, -0.2) is 0 Å². The van der Waals surface area contributed by atoms with Gasteiger partial charge in [0.2, 0.25) is 0 Å². The molecule has 0 aliphatic carbocycles. The van der Waals surface area contributed by atoms with Gasteiger partial charge < -0.3 is 14.9 Å². The minimum atomic E-state index is -0.490. The van der Waals surface area contributed by atoms with Crippen LogP contribution in [0.4, 0.5) is 0 Å². The molecule has 1 saturated heterocycles. The third-order valence-corrected chi connectivity index (χ3v) is 2.17. The predicted molar refractivity (Wildman–Crippen MR) is 61.0 cm³/mol. The zero-order valence-electron chi connectivity index (χ0n) is 10.8. The van der Waals surface area contributed by atoms with Gasteiger partial charge in [0.25, 0.3) is 5.91 Å². The van der Waals surface area contributed by atoms with Crippen molar-refractivity contribution in [2.45, 2.75) is 39.3 Å². The van der Waals surface area contributed by atoms with Crippen molar-refractivity contribution in [1.82, 2.24) is 10.4 Å². The van der Waals surface area contributed by atoms with Crippen LogP contribution in [0.1, 0.15) is 27.7 Å². The van der Waals surface area contributed by atoms with E-state index in [1.165, 1.54) is 6.92 Å². The molecule has 1 heterocycles. The topological polar surface area (TPSA) is 67.9 Å². The van der Waals surface area contributed by atoms with Crippen LogP contribution in [0.3, 0.4) is 0 Å². The highest BCUT2D eigenvalue weighted by molar-refractivity contribution is 5.83. The maximum absolute atomic E-state index is 11.9. The van der Waals surface area contributed by atoms with Crippen molar-refractivity contribution in [2.75, 3.05) is 19.7 Å². The lowest BCUT2D eigenvalue weighted by molar-refractivity contribution is -0.202. The summed E-state index contributed by atoms with van der Waals surface area (Å²) in [6.07, 6.45) is 0. The molecule has 0 saturated carbocycles. The standard InChI is InChI=1S/C11H20N2O4/c1-8(14)17-13-6-5-12-9(10(13)15)7-16-11(2,3)4/h9,12H,5-7H2,1-4H3. The summed E-state index contributed by atoms with van der Waals surface area (Å²) in [7, 11) is 0. The molecule has 0 aromatic heterocycles. The van der Waals surface area contributed by atoms with E-state index in [0.717, 1.165) is 5.06 Å². The quantitative estimate of drug-likeness (QED) is 0.761. The van der Waals surface area contributed by atoms with Crippen molar-refractivity contribution < 1.29 is 19.2 Å². The number of amides is 1. The van der Waals surface area contributed by atoms with Crippen LogP contribution in [-0.2, 0) is 19.2 Å². The van der Waals surface area contributed by atoms with Gasteiger partial charge in [0.05, 0.1) is 18.8 Å². The molecule has 1 aliphatic heterocycles. The second kappa shape index (κ2) is 5.46. The average molecular weight is 244 g/mol. The molecule has 1 unspecified atom stereocenters. The van der Waals surface area contributed by atoms with Gasteiger partial charge in [0, 0.05) is 13.5 Å². The molecule has 6 heteroatoms. The molecule has 1 amide bonds. The molecule has 0 aromatic rings. The van der Waals surface area contributed by atoms with Gasteiger partial charge in [-0.2, -0.15) is 5.06 Å². The molecule has 0 radical (unpaired) electrons. The largest absolute Gasteiger partial charge is 0.374 e. The van der Waals surface area contributed by atoms with Gasteiger partial charge in [0.1, 0.15) is 6.04 Å². The molecule has 1 fully saturated rings. The van der Waals surface area contributed by atoms with Crippen molar-refractivity contribution in [2.24, 2.45) is 0 Å². The van der Waals surface area contributed by atoms with E-state index in [1.54, 1.807) is 0 Å². The first kappa shape index (κ1) is 13.9. The van der Waals surface area contributed by atoms with Crippen LogP contribution >= 0.6 is 0 Å². The van der Waals surface area contributed by atoms with Crippen molar-refractivity contribution >= 4 is 11.9 Å². The highest BCUT2D eigenvalue weighted by Crippen LogP contribution is 2.10. The first-order valence-electron chi connectivity index (χ1n) is 5.67. The molecule has 0 spiro atoms. The maximum Gasteiger partial charge on any atom is 0.329 e. The van der Waals surface area contributed by atoms with E-state index in [2.05, 4.69) is 5.32 Å². The van der Waals surface area contributed by atoms with Crippen LogP contribution in [0.2, 0.25) is 0 Å². The minimum absolute atomic E-state index is 0.264. The number of nitrogens with zero attached hydrogens (tertiary/aromatic N) is 1. The Bertz CT molecular complexity index is 298. The number of rotatable bonds is 3. The zero-order valence-corrected chi connectivity index (χ0v) is 10.8. The molecule has 1 atom stereocenters. The normalized spacial score (nSPS) is 21.5. The smallest absolute Gasteiger partial charge is 0.329 e. The molecule has 6 nitrogen and oxygen atoms in total. The van der Waals surface area contributed by atoms with E-state index in [1.807, 2.05) is 20.8 Å². The molecular weight excluding hydrogens is 224 g/mol. The van der Waals surface area contributed by atoms with Gasteiger partial charge >= 0.3 is 5.97 Å². The van der Waals surface area contributed by atoms with E-state index in [4.69, 9.17) is 9.57 Å². The predicted octanol–water partition coefficient (Wildman–Crippen LogP) is 0.0800. The third-order valence-electron chi connectivity index (χ3n) is 2.17. The van der Waals surface area contributed by atoms with Crippen LogP contribution in [-0.4, -0.2) is 48.3 Å². The Morgan fingerprint density at radius 1 is 1.53 bits per heavy atom. The molecule has 0 bridgehead atoms. The second-order valence-corrected chi connectivity index (χ2v) is 4.95. The summed E-state index contributed by atoms with van der Waals surface area (Å²) in [5.74, 6) is -0.758. The number of hydrogen-bond donors (Lipinski definition) is 1. The van der Waals surface area contributed by atoms with E-state index < -0.39 is 12.0 Å². The lowest BCUT2D eigenvalue weighted by atomic mass is 10.2. The molecule has 98 valence electrons. The fourth-order valence-corrected chi connectivity index (χ4v) is 1.42. The summed E-state index contributed by atoms with van der Waals surface area (Å²) in [5, 5.41) is 4.13. The van der Waals surface area contributed by atoms with Gasteiger partial charge in [-0.05, 0) is 20.8 Å². The number of hydroxylamine groups is 2. The third kappa shape index (κ3) is 4.70. The molecule has 1 rings (SSSR count). The summed E-state index contributed by atoms with van der Waals surface area (Å²) < 4.78 is 5.54. The summed E-state index contributed by atoms with van der Waals surface area (Å²) >= 11 is 0. The van der Waals surface area contributed by atoms with E-state index in [-0.39, 0.29) is 18.1 Å². The minimum Gasteiger partial charge on any atom is -0.374 e. The molecule has 17 heavy (non-hydrogen) atoms. The van der Waals surface area contributed by atoms with Crippen molar-refractivity contribution in [3.05, 3.63) is 0 Å². The van der Waals surface area contributed by atoms with Crippen LogP contribution in [0.15, 0.2) is 0 Å². The Labute approximate surface area is 101 Å². The van der Waals surface area contributed by atoms with Crippen LogP contribution in [0.5, 0.6) is 0 Å². The molecule has 1 aliphatic rings. The second-order valence-electron chi connectivity index (χ2n) is 4.95. The highest BCUT2D eigenvalue weighted by Gasteiger charge is 2.31. The number of hydrogen-bond acceptors (Lipinski definition) is 5. The van der Waals surface area contributed by atoms with Gasteiger partial charge in [0.15, 0.2) is 0 Å². The Morgan fingerprint density at radius 3 is 2.71 bits per heavy atom. The van der Waals surface area contributed by atoms with E-state index >= 15 is 0 Å². The number of piperazine rings is 1. The number of ether oxygens (including phenoxy) is 1. The molecular formula is C11H20N2O4. The first-order valence-corrected chi connectivity index (χ1v) is 5.67. The molecule has 0 aromatic carbocycles. The van der Waals surface area contributed by atoms with Crippen LogP contribution in [0, 0.1) is 0 Å². The van der Waals surface area contributed by atoms with Crippen LogP contribution < -0.4 is 5.32 Å². The van der Waals surface area contributed by atoms with E-state index in [9.17, 15) is 9.59 Å². The first-order chi connectivity index (χ1) is 7.79. The van der Waals surface area contributed by atoms with Crippen molar-refractivity contribution in [1.29, 1.82) is 0 Å². The van der Waals surface area contributed by atoms with Crippen molar-refractivity contribution in [3.63, 3.8) is 0 Å². The fourth-order valence-electron chi connectivity index (χ4n) is 1.42. The Kier molecular flexibility index (Phi) is 4.47. The number of carbonyl (C=O) groups excluding carboxylic acids is 2. The Morgan fingerprint density at radius 2 is 2.18 bits per heavy atom. The zero-order chi connectivity index (χ0) is 13.1. The monoisotopic (exact) mass is 244 g/mol. The summed E-state index contributed by atoms with van der Waals surface area (Å²) in [6, 6.07) is -0.456. The summed E-state index contributed by atoms with van der Waals surface area (Å²) in [6.45, 7) is 8.25. The highest BCUT2D eigenvalue weighted by atomic mass is 16.7. The average Bonchev–Trinajstić information content (AvgIpc) is 2.17. The number of nitrogens with one attached hydrogen (secondary N) is 1.